The molecule has 6 nitrogen and oxygen atoms in total. The zero-order valence-electron chi connectivity index (χ0n) is 15.5. The number of rotatable bonds is 3. The molecule has 29 heavy (non-hydrogen) atoms. The second-order valence-electron chi connectivity index (χ2n) is 6.74. The van der Waals surface area contributed by atoms with Gasteiger partial charge in [-0.05, 0) is 47.9 Å². The topological polar surface area (TPSA) is 80.5 Å². The quantitative estimate of drug-likeness (QED) is 0.285. The van der Waals surface area contributed by atoms with Crippen molar-refractivity contribution in [2.45, 2.75) is 6.92 Å². The highest BCUT2D eigenvalue weighted by atomic mass is 16.6. The molecule has 0 bridgehead atoms. The van der Waals surface area contributed by atoms with Crippen LogP contribution in [0.4, 0.5) is 11.4 Å². The summed E-state index contributed by atoms with van der Waals surface area (Å²) in [6.07, 6.45) is 1.59. The Hall–Kier alpha value is -4.06. The van der Waals surface area contributed by atoms with Crippen LogP contribution in [0.2, 0.25) is 0 Å². The molecule has 1 aliphatic heterocycles. The minimum atomic E-state index is -0.485. The number of carbonyl (C=O) groups is 2. The number of non-ortho nitro benzene ring substituents is 1. The van der Waals surface area contributed by atoms with E-state index in [0.717, 1.165) is 10.5 Å². The first-order valence-corrected chi connectivity index (χ1v) is 8.97. The number of aryl methyl sites for hydroxylation is 1. The summed E-state index contributed by atoms with van der Waals surface area (Å²) in [4.78, 5) is 38.2. The predicted molar refractivity (Wildman–Crippen MR) is 110 cm³/mol. The van der Waals surface area contributed by atoms with Crippen LogP contribution in [0.15, 0.2) is 72.8 Å². The molecule has 142 valence electrons. The molecule has 0 atom stereocenters. The molecule has 0 N–H and O–H groups in total. The zero-order chi connectivity index (χ0) is 20.5. The Labute approximate surface area is 166 Å². The summed E-state index contributed by atoms with van der Waals surface area (Å²) >= 11 is 0. The van der Waals surface area contributed by atoms with E-state index in [2.05, 4.69) is 0 Å². The maximum Gasteiger partial charge on any atom is 0.270 e. The summed E-state index contributed by atoms with van der Waals surface area (Å²) in [5, 5.41) is 11.1. The molecule has 0 aliphatic carbocycles. The molecule has 3 aromatic carbocycles. The number of hydrogen-bond acceptors (Lipinski definition) is 4. The molecule has 2 amide bonds. The molecule has 1 aliphatic rings. The summed E-state index contributed by atoms with van der Waals surface area (Å²) in [5.41, 5.74) is 3.08. The highest BCUT2D eigenvalue weighted by Crippen LogP contribution is 2.34. The van der Waals surface area contributed by atoms with Crippen LogP contribution >= 0.6 is 0 Å². The van der Waals surface area contributed by atoms with Gasteiger partial charge in [-0.1, -0.05) is 42.5 Å². The molecule has 0 spiro atoms. The van der Waals surface area contributed by atoms with Gasteiger partial charge in [-0.25, -0.2) is 4.90 Å². The second kappa shape index (κ2) is 7.16. The molecule has 0 saturated heterocycles. The number of fused-ring (bicyclic) bond motifs is 1. The molecular weight excluding hydrogens is 368 g/mol. The standard InChI is InChI=1S/C23H16N2O4/c1-15-6-4-8-17(12-15)24-22(26)20-11-3-2-10-19(20)21(23(24)27)14-16-7-5-9-18(13-16)25(28)29/h2-14H,1H3/b21-14-. The van der Waals surface area contributed by atoms with Crippen LogP contribution in [0.1, 0.15) is 27.0 Å². The van der Waals surface area contributed by atoms with E-state index in [-0.39, 0.29) is 5.69 Å². The average molecular weight is 384 g/mol. The lowest BCUT2D eigenvalue weighted by molar-refractivity contribution is -0.384. The van der Waals surface area contributed by atoms with E-state index in [1.807, 2.05) is 13.0 Å². The first-order valence-electron chi connectivity index (χ1n) is 8.97. The smallest absolute Gasteiger partial charge is 0.268 e. The molecule has 1 heterocycles. The van der Waals surface area contributed by atoms with E-state index >= 15 is 0 Å². The van der Waals surface area contributed by atoms with E-state index in [4.69, 9.17) is 0 Å². The van der Waals surface area contributed by atoms with Gasteiger partial charge in [0.25, 0.3) is 17.5 Å². The van der Waals surface area contributed by atoms with Crippen molar-refractivity contribution in [3.8, 4) is 0 Å². The van der Waals surface area contributed by atoms with Gasteiger partial charge in [0.1, 0.15) is 0 Å². The second-order valence-corrected chi connectivity index (χ2v) is 6.74. The molecule has 0 aromatic heterocycles. The number of nitrogens with zero attached hydrogens (tertiary/aromatic N) is 2. The Balaban J connectivity index is 1.90. The molecule has 4 rings (SSSR count). The van der Waals surface area contributed by atoms with Crippen molar-refractivity contribution in [2.75, 3.05) is 4.90 Å². The van der Waals surface area contributed by atoms with Crippen molar-refractivity contribution in [2.24, 2.45) is 0 Å². The summed E-state index contributed by atoms with van der Waals surface area (Å²) < 4.78 is 0. The fourth-order valence-corrected chi connectivity index (χ4v) is 3.39. The number of hydrogen-bond donors (Lipinski definition) is 0. The highest BCUT2D eigenvalue weighted by molar-refractivity contribution is 6.43. The normalized spacial score (nSPS) is 14.8. The first-order chi connectivity index (χ1) is 14.0. The van der Waals surface area contributed by atoms with Gasteiger partial charge in [-0.15, -0.1) is 0 Å². The lowest BCUT2D eigenvalue weighted by Gasteiger charge is -2.29. The van der Waals surface area contributed by atoms with Gasteiger partial charge in [0.2, 0.25) is 0 Å². The van der Waals surface area contributed by atoms with Crippen molar-refractivity contribution >= 4 is 34.8 Å². The van der Waals surface area contributed by atoms with E-state index < -0.39 is 16.7 Å². The van der Waals surface area contributed by atoms with Gasteiger partial charge in [-0.2, -0.15) is 0 Å². The van der Waals surface area contributed by atoms with E-state index in [1.54, 1.807) is 60.7 Å². The highest BCUT2D eigenvalue weighted by Gasteiger charge is 2.35. The molecule has 3 aromatic rings. The number of nitro groups is 1. The fourth-order valence-electron chi connectivity index (χ4n) is 3.39. The Morgan fingerprint density at radius 2 is 1.59 bits per heavy atom. The number of imide groups is 1. The minimum Gasteiger partial charge on any atom is -0.268 e. The predicted octanol–water partition coefficient (Wildman–Crippen LogP) is 4.63. The van der Waals surface area contributed by atoms with Crippen molar-refractivity contribution in [3.05, 3.63) is 105 Å². The van der Waals surface area contributed by atoms with Gasteiger partial charge in [0.15, 0.2) is 0 Å². The van der Waals surface area contributed by atoms with Gasteiger partial charge in [0, 0.05) is 23.3 Å². The Morgan fingerprint density at radius 3 is 2.31 bits per heavy atom. The van der Waals surface area contributed by atoms with Crippen LogP contribution in [-0.2, 0) is 4.79 Å². The van der Waals surface area contributed by atoms with E-state index in [1.165, 1.54) is 12.1 Å². The number of carbonyl (C=O) groups excluding carboxylic acids is 2. The number of anilines is 1. The summed E-state index contributed by atoms with van der Waals surface area (Å²) in [6.45, 7) is 1.89. The summed E-state index contributed by atoms with van der Waals surface area (Å²) in [6, 6.07) is 20.1. The molecular formula is C23H16N2O4. The summed E-state index contributed by atoms with van der Waals surface area (Å²) in [7, 11) is 0. The monoisotopic (exact) mass is 384 g/mol. The van der Waals surface area contributed by atoms with Gasteiger partial charge in [0.05, 0.1) is 10.6 Å². The van der Waals surface area contributed by atoms with Crippen LogP contribution in [0.25, 0.3) is 11.6 Å². The van der Waals surface area contributed by atoms with Crippen LogP contribution in [0.5, 0.6) is 0 Å². The minimum absolute atomic E-state index is 0.0671. The lowest BCUT2D eigenvalue weighted by Crippen LogP contribution is -2.41. The summed E-state index contributed by atoms with van der Waals surface area (Å²) in [5.74, 6) is -0.863. The number of nitro benzene ring substituents is 1. The third-order valence-electron chi connectivity index (χ3n) is 4.74. The van der Waals surface area contributed by atoms with Crippen LogP contribution in [0.3, 0.4) is 0 Å². The average Bonchev–Trinajstić information content (AvgIpc) is 2.71. The fraction of sp³-hybridized carbons (Fsp3) is 0.0435. The molecule has 0 radical (unpaired) electrons. The van der Waals surface area contributed by atoms with E-state index in [9.17, 15) is 19.7 Å². The zero-order valence-corrected chi connectivity index (χ0v) is 15.5. The molecule has 0 saturated carbocycles. The SMILES string of the molecule is Cc1cccc(N2C(=O)/C(=C\c3cccc([N+](=O)[O-])c3)c3ccccc3C2=O)c1. The Morgan fingerprint density at radius 1 is 0.862 bits per heavy atom. The molecule has 0 unspecified atom stereocenters. The largest absolute Gasteiger partial charge is 0.270 e. The third-order valence-corrected chi connectivity index (χ3v) is 4.74. The maximum atomic E-state index is 13.3. The van der Waals surface area contributed by atoms with E-state index in [0.29, 0.717) is 28.0 Å². The lowest BCUT2D eigenvalue weighted by atomic mass is 9.91. The number of amides is 2. The van der Waals surface area contributed by atoms with Crippen LogP contribution in [-0.4, -0.2) is 16.7 Å². The van der Waals surface area contributed by atoms with Crippen molar-refractivity contribution in [3.63, 3.8) is 0 Å². The van der Waals surface area contributed by atoms with Gasteiger partial charge < -0.3 is 0 Å². The maximum absolute atomic E-state index is 13.3. The van der Waals surface area contributed by atoms with Crippen LogP contribution in [0, 0.1) is 17.0 Å². The first kappa shape index (κ1) is 18.3. The Kier molecular flexibility index (Phi) is 4.52. The molecule has 0 fully saturated rings. The molecule has 6 heteroatoms. The number of benzene rings is 3. The van der Waals surface area contributed by atoms with Gasteiger partial charge in [-0.3, -0.25) is 19.7 Å². The van der Waals surface area contributed by atoms with Crippen molar-refractivity contribution in [1.29, 1.82) is 0 Å². The van der Waals surface area contributed by atoms with Crippen molar-refractivity contribution in [1.82, 2.24) is 0 Å². The third kappa shape index (κ3) is 3.32. The van der Waals surface area contributed by atoms with Crippen LogP contribution < -0.4 is 4.90 Å². The van der Waals surface area contributed by atoms with Gasteiger partial charge >= 0.3 is 0 Å². The van der Waals surface area contributed by atoms with Crippen molar-refractivity contribution < 1.29 is 14.5 Å². The Bertz CT molecular complexity index is 1200.